The fourth-order valence-electron chi connectivity index (χ4n) is 4.29. The number of fused-ring (bicyclic) bond motifs is 1. The normalized spacial score (nSPS) is 26.9. The molecule has 3 rings (SSSR count). The molecule has 0 unspecified atom stereocenters. The first-order valence-electron chi connectivity index (χ1n) is 9.86. The smallest absolute Gasteiger partial charge is 0.211 e. The van der Waals surface area contributed by atoms with Gasteiger partial charge in [0.15, 0.2) is 0 Å². The Morgan fingerprint density at radius 3 is 2.52 bits per heavy atom. The predicted octanol–water partition coefficient (Wildman–Crippen LogP) is 2.02. The molecule has 5 nitrogen and oxygen atoms in total. The maximum absolute atomic E-state index is 12.1. The van der Waals surface area contributed by atoms with E-state index in [1.54, 1.807) is 4.31 Å². The third-order valence-corrected chi connectivity index (χ3v) is 6.97. The fourth-order valence-corrected chi connectivity index (χ4v) is 5.17. The maximum atomic E-state index is 12.1. The molecule has 0 amide bonds. The van der Waals surface area contributed by atoms with Crippen molar-refractivity contribution in [2.75, 3.05) is 32.5 Å². The van der Waals surface area contributed by atoms with E-state index < -0.39 is 10.0 Å². The zero-order valence-corrected chi connectivity index (χ0v) is 17.1. The van der Waals surface area contributed by atoms with Crippen molar-refractivity contribution in [2.24, 2.45) is 0 Å². The number of hydrogen-bond donors (Lipinski definition) is 1. The van der Waals surface area contributed by atoms with Crippen molar-refractivity contribution in [3.63, 3.8) is 0 Å². The average molecular weight is 391 g/mol. The number of sulfonamides is 1. The second-order valence-electron chi connectivity index (χ2n) is 7.58. The van der Waals surface area contributed by atoms with Crippen molar-refractivity contribution in [1.82, 2.24) is 9.21 Å². The van der Waals surface area contributed by atoms with E-state index in [-0.39, 0.29) is 24.6 Å². The Balaban J connectivity index is 1.82. The molecule has 0 bridgehead atoms. The SMILES string of the molecule is CCCC#Cc1ccc([C@H]2[C@@H](CO)N3CCCCN(S(C)(=O)=O)C[C@@H]23)cc1. The molecule has 6 heteroatoms. The van der Waals surface area contributed by atoms with Crippen LogP contribution in [-0.2, 0) is 10.0 Å². The second kappa shape index (κ2) is 8.74. The Bertz CT molecular complexity index is 795. The quantitative estimate of drug-likeness (QED) is 0.799. The van der Waals surface area contributed by atoms with E-state index in [9.17, 15) is 13.5 Å². The Morgan fingerprint density at radius 2 is 1.89 bits per heavy atom. The van der Waals surface area contributed by atoms with Crippen LogP contribution in [0.4, 0.5) is 0 Å². The van der Waals surface area contributed by atoms with Gasteiger partial charge in [-0.15, -0.1) is 0 Å². The predicted molar refractivity (Wildman–Crippen MR) is 108 cm³/mol. The van der Waals surface area contributed by atoms with Gasteiger partial charge in [0, 0.05) is 43.1 Å². The molecule has 2 fully saturated rings. The van der Waals surface area contributed by atoms with Crippen LogP contribution in [0.2, 0.25) is 0 Å². The summed E-state index contributed by atoms with van der Waals surface area (Å²) in [7, 11) is -3.21. The monoisotopic (exact) mass is 390 g/mol. The van der Waals surface area contributed by atoms with E-state index in [4.69, 9.17) is 0 Å². The first kappa shape index (κ1) is 20.3. The van der Waals surface area contributed by atoms with Crippen LogP contribution in [0.1, 0.15) is 49.7 Å². The fraction of sp³-hybridized carbons (Fsp3) is 0.619. The molecule has 148 valence electrons. The van der Waals surface area contributed by atoms with Gasteiger partial charge >= 0.3 is 0 Å². The van der Waals surface area contributed by atoms with Crippen molar-refractivity contribution >= 4 is 10.0 Å². The van der Waals surface area contributed by atoms with Crippen molar-refractivity contribution < 1.29 is 13.5 Å². The Hall–Kier alpha value is -1.39. The summed E-state index contributed by atoms with van der Waals surface area (Å²) < 4.78 is 25.9. The lowest BCUT2D eigenvalue weighted by atomic mass is 9.74. The molecule has 27 heavy (non-hydrogen) atoms. The van der Waals surface area contributed by atoms with Crippen molar-refractivity contribution in [2.45, 2.75) is 50.6 Å². The molecule has 2 heterocycles. The van der Waals surface area contributed by atoms with Gasteiger partial charge in [-0.25, -0.2) is 12.7 Å². The molecule has 1 aromatic rings. The Morgan fingerprint density at radius 1 is 1.19 bits per heavy atom. The standard InChI is InChI=1S/C21H30N2O3S/c1-3-4-5-8-17-9-11-18(12-10-17)21-19-15-22(27(2,25)26)13-6-7-14-23(19)20(21)16-24/h9-12,19-21,24H,3-4,6-7,13-16H2,1-2H3/t19-,20+,21+/m0/s1. The van der Waals surface area contributed by atoms with Crippen LogP contribution in [0.5, 0.6) is 0 Å². The summed E-state index contributed by atoms with van der Waals surface area (Å²) in [4.78, 5) is 2.29. The molecule has 0 spiro atoms. The molecule has 0 aromatic heterocycles. The molecular weight excluding hydrogens is 360 g/mol. The topological polar surface area (TPSA) is 60.9 Å². The highest BCUT2D eigenvalue weighted by atomic mass is 32.2. The van der Waals surface area contributed by atoms with Gasteiger partial charge in [-0.1, -0.05) is 30.9 Å². The summed E-state index contributed by atoms with van der Waals surface area (Å²) in [5.74, 6) is 6.48. The molecule has 2 aliphatic heterocycles. The van der Waals surface area contributed by atoms with Crippen LogP contribution in [0, 0.1) is 11.8 Å². The van der Waals surface area contributed by atoms with E-state index in [0.717, 1.165) is 43.4 Å². The lowest BCUT2D eigenvalue weighted by Crippen LogP contribution is -2.67. The van der Waals surface area contributed by atoms with E-state index in [2.05, 4.69) is 35.8 Å². The van der Waals surface area contributed by atoms with E-state index in [1.807, 2.05) is 12.1 Å². The first-order chi connectivity index (χ1) is 13.0. The molecule has 2 aliphatic rings. The third-order valence-electron chi connectivity index (χ3n) is 5.70. The summed E-state index contributed by atoms with van der Waals surface area (Å²) in [6.45, 7) is 4.22. The molecule has 1 N–H and O–H groups in total. The summed E-state index contributed by atoms with van der Waals surface area (Å²) >= 11 is 0. The van der Waals surface area contributed by atoms with Crippen LogP contribution >= 0.6 is 0 Å². The molecule has 1 aromatic carbocycles. The zero-order valence-electron chi connectivity index (χ0n) is 16.3. The van der Waals surface area contributed by atoms with Gasteiger partial charge in [0.2, 0.25) is 10.0 Å². The number of rotatable bonds is 4. The highest BCUT2D eigenvalue weighted by molar-refractivity contribution is 7.88. The summed E-state index contributed by atoms with van der Waals surface area (Å²) in [5, 5.41) is 9.95. The summed E-state index contributed by atoms with van der Waals surface area (Å²) in [6, 6.07) is 8.42. The average Bonchev–Trinajstić information content (AvgIpc) is 2.61. The number of benzene rings is 1. The second-order valence-corrected chi connectivity index (χ2v) is 9.57. The van der Waals surface area contributed by atoms with Crippen LogP contribution in [0.3, 0.4) is 0 Å². The van der Waals surface area contributed by atoms with Crippen molar-refractivity contribution in [1.29, 1.82) is 0 Å². The molecule has 0 radical (unpaired) electrons. The maximum Gasteiger partial charge on any atom is 0.211 e. The number of unbranched alkanes of at least 4 members (excludes halogenated alkanes) is 1. The van der Waals surface area contributed by atoms with Gasteiger partial charge in [0.25, 0.3) is 0 Å². The molecule has 3 atom stereocenters. The van der Waals surface area contributed by atoms with Crippen molar-refractivity contribution in [3.05, 3.63) is 35.4 Å². The minimum atomic E-state index is -3.21. The summed E-state index contributed by atoms with van der Waals surface area (Å²) in [5.41, 5.74) is 2.16. The largest absolute Gasteiger partial charge is 0.395 e. The molecular formula is C21H30N2O3S. The number of aliphatic hydroxyl groups is 1. The van der Waals surface area contributed by atoms with Gasteiger partial charge in [-0.05, 0) is 43.5 Å². The molecule has 0 aliphatic carbocycles. The van der Waals surface area contributed by atoms with Gasteiger partial charge < -0.3 is 5.11 Å². The zero-order chi connectivity index (χ0) is 19.4. The summed E-state index contributed by atoms with van der Waals surface area (Å²) in [6.07, 6.45) is 5.07. The van der Waals surface area contributed by atoms with Gasteiger partial charge in [0.1, 0.15) is 0 Å². The number of hydrogen-bond acceptors (Lipinski definition) is 4. The first-order valence-corrected chi connectivity index (χ1v) is 11.7. The van der Waals surface area contributed by atoms with Gasteiger partial charge in [-0.3, -0.25) is 4.90 Å². The van der Waals surface area contributed by atoms with Gasteiger partial charge in [0.05, 0.1) is 12.9 Å². The van der Waals surface area contributed by atoms with E-state index in [1.165, 1.54) is 6.26 Å². The highest BCUT2D eigenvalue weighted by Crippen LogP contribution is 2.42. The van der Waals surface area contributed by atoms with Crippen LogP contribution < -0.4 is 0 Å². The Labute approximate surface area is 163 Å². The molecule has 0 saturated carbocycles. The molecule has 2 saturated heterocycles. The number of nitrogens with zero attached hydrogens (tertiary/aromatic N) is 2. The van der Waals surface area contributed by atoms with Crippen LogP contribution in [0.15, 0.2) is 24.3 Å². The third kappa shape index (κ3) is 4.55. The van der Waals surface area contributed by atoms with Gasteiger partial charge in [-0.2, -0.15) is 0 Å². The van der Waals surface area contributed by atoms with Crippen molar-refractivity contribution in [3.8, 4) is 11.8 Å². The highest BCUT2D eigenvalue weighted by Gasteiger charge is 2.49. The lowest BCUT2D eigenvalue weighted by molar-refractivity contribution is -0.0553. The van der Waals surface area contributed by atoms with E-state index >= 15 is 0 Å². The van der Waals surface area contributed by atoms with Crippen LogP contribution in [0.25, 0.3) is 0 Å². The minimum Gasteiger partial charge on any atom is -0.395 e. The lowest BCUT2D eigenvalue weighted by Gasteiger charge is -2.57. The van der Waals surface area contributed by atoms with Crippen LogP contribution in [-0.4, -0.2) is 67.3 Å². The Kier molecular flexibility index (Phi) is 6.59. The number of aliphatic hydroxyl groups excluding tert-OH is 1. The minimum absolute atomic E-state index is 0.0616. The van der Waals surface area contributed by atoms with E-state index in [0.29, 0.717) is 13.1 Å².